The average molecular weight is 320 g/mol. The Morgan fingerprint density at radius 3 is 2.58 bits per heavy atom. The molecule has 8 heteroatoms. The summed E-state index contributed by atoms with van der Waals surface area (Å²) in [6.07, 6.45) is 4.67. The zero-order valence-electron chi connectivity index (χ0n) is 12.5. The van der Waals surface area contributed by atoms with Crippen LogP contribution in [0.25, 0.3) is 11.3 Å². The summed E-state index contributed by atoms with van der Waals surface area (Å²) >= 11 is 0. The first-order chi connectivity index (χ1) is 11.7. The smallest absolute Gasteiger partial charge is 0.270 e. The fraction of sp³-hybridized carbons (Fsp3) is 0.0625. The van der Waals surface area contributed by atoms with Crippen LogP contribution in [-0.2, 0) is 6.54 Å². The van der Waals surface area contributed by atoms with Crippen molar-refractivity contribution in [2.45, 2.75) is 6.54 Å². The molecule has 0 fully saturated rings. The van der Waals surface area contributed by atoms with E-state index in [9.17, 15) is 9.59 Å². The second-order valence-electron chi connectivity index (χ2n) is 5.13. The molecule has 1 amide bonds. The quantitative estimate of drug-likeness (QED) is 0.599. The number of hydrogen-bond donors (Lipinski definition) is 1. The highest BCUT2D eigenvalue weighted by Gasteiger charge is 2.14. The van der Waals surface area contributed by atoms with Gasteiger partial charge in [-0.2, -0.15) is 0 Å². The van der Waals surface area contributed by atoms with Gasteiger partial charge in [0.2, 0.25) is 0 Å². The van der Waals surface area contributed by atoms with Gasteiger partial charge in [-0.3, -0.25) is 18.4 Å². The molecule has 8 nitrogen and oxygen atoms in total. The van der Waals surface area contributed by atoms with Crippen molar-refractivity contribution in [2.24, 2.45) is 0 Å². The lowest BCUT2D eigenvalue weighted by atomic mass is 10.3. The van der Waals surface area contributed by atoms with Crippen LogP contribution < -0.4 is 10.9 Å². The maximum absolute atomic E-state index is 12.4. The van der Waals surface area contributed by atoms with E-state index < -0.39 is 11.5 Å². The minimum absolute atomic E-state index is 0.0208. The van der Waals surface area contributed by atoms with Gasteiger partial charge in [0.25, 0.3) is 11.5 Å². The van der Waals surface area contributed by atoms with Crippen LogP contribution >= 0.6 is 0 Å². The van der Waals surface area contributed by atoms with Crippen molar-refractivity contribution in [1.29, 1.82) is 0 Å². The lowest BCUT2D eigenvalue weighted by Gasteiger charge is -2.05. The summed E-state index contributed by atoms with van der Waals surface area (Å²) in [7, 11) is 0. The predicted octanol–water partition coefficient (Wildman–Crippen LogP) is 0.667. The number of rotatable bonds is 3. The van der Waals surface area contributed by atoms with E-state index in [1.54, 1.807) is 28.8 Å². The molecule has 0 unspecified atom stereocenters. The van der Waals surface area contributed by atoms with Crippen molar-refractivity contribution in [3.63, 3.8) is 0 Å². The standard InChI is InChI=1S/C16H12N6O2/c23-15(11-9-17-12-5-1-4-8-22(12)16(11)24)18-10-14-20-19-13-6-2-3-7-21(13)14/h1-9H,10H2,(H,18,23). The molecule has 1 N–H and O–H groups in total. The van der Waals surface area contributed by atoms with Gasteiger partial charge in [0, 0.05) is 18.6 Å². The molecule has 4 heterocycles. The monoisotopic (exact) mass is 320 g/mol. The Kier molecular flexibility index (Phi) is 3.27. The number of pyridine rings is 2. The van der Waals surface area contributed by atoms with Crippen molar-refractivity contribution in [3.8, 4) is 0 Å². The lowest BCUT2D eigenvalue weighted by molar-refractivity contribution is 0.0947. The molecule has 4 aromatic rings. The number of aromatic nitrogens is 5. The first-order valence-electron chi connectivity index (χ1n) is 7.27. The third-order valence-corrected chi connectivity index (χ3v) is 3.65. The highest BCUT2D eigenvalue weighted by Crippen LogP contribution is 2.03. The van der Waals surface area contributed by atoms with E-state index in [0.717, 1.165) is 0 Å². The zero-order chi connectivity index (χ0) is 16.5. The van der Waals surface area contributed by atoms with Crippen LogP contribution in [0.1, 0.15) is 16.2 Å². The van der Waals surface area contributed by atoms with Crippen LogP contribution in [0, 0.1) is 0 Å². The Morgan fingerprint density at radius 2 is 1.75 bits per heavy atom. The largest absolute Gasteiger partial charge is 0.344 e. The number of carbonyl (C=O) groups excluding carboxylic acids is 1. The molecule has 0 saturated heterocycles. The Morgan fingerprint density at radius 1 is 1.00 bits per heavy atom. The summed E-state index contributed by atoms with van der Waals surface area (Å²) in [5.74, 6) is 0.0752. The molecule has 0 spiro atoms. The highest BCUT2D eigenvalue weighted by atomic mass is 16.2. The molecule has 0 aromatic carbocycles. The molecule has 118 valence electrons. The molecule has 0 radical (unpaired) electrons. The van der Waals surface area contributed by atoms with Crippen molar-refractivity contribution in [3.05, 3.63) is 76.7 Å². The summed E-state index contributed by atoms with van der Waals surface area (Å²) in [6.45, 7) is 0.154. The lowest BCUT2D eigenvalue weighted by Crippen LogP contribution is -2.31. The first-order valence-corrected chi connectivity index (χ1v) is 7.27. The number of hydrogen-bond acceptors (Lipinski definition) is 5. The summed E-state index contributed by atoms with van der Waals surface area (Å²) in [5.41, 5.74) is 0.744. The van der Waals surface area contributed by atoms with Crippen LogP contribution in [-0.4, -0.2) is 29.9 Å². The minimum atomic E-state index is -0.501. The number of fused-ring (bicyclic) bond motifs is 2. The van der Waals surface area contributed by atoms with Gasteiger partial charge >= 0.3 is 0 Å². The number of nitrogens with one attached hydrogen (secondary N) is 1. The third-order valence-electron chi connectivity index (χ3n) is 3.65. The Labute approximate surface area is 135 Å². The van der Waals surface area contributed by atoms with E-state index >= 15 is 0 Å². The summed E-state index contributed by atoms with van der Waals surface area (Å²) in [6, 6.07) is 10.7. The van der Waals surface area contributed by atoms with Crippen LogP contribution in [0.15, 0.2) is 59.8 Å². The first kappa shape index (κ1) is 14.1. The normalized spacial score (nSPS) is 11.0. The molecule has 0 aliphatic heterocycles. The van der Waals surface area contributed by atoms with E-state index in [4.69, 9.17) is 0 Å². The Bertz CT molecular complexity index is 1110. The van der Waals surface area contributed by atoms with Gasteiger partial charge in [0.1, 0.15) is 11.2 Å². The summed E-state index contributed by atoms with van der Waals surface area (Å²) in [5, 5.41) is 10.7. The number of carbonyl (C=O) groups is 1. The molecule has 0 aliphatic carbocycles. The molecular formula is C16H12N6O2. The topological polar surface area (TPSA) is 93.7 Å². The maximum Gasteiger partial charge on any atom is 0.270 e. The van der Waals surface area contributed by atoms with E-state index in [0.29, 0.717) is 17.1 Å². The fourth-order valence-electron chi connectivity index (χ4n) is 2.45. The van der Waals surface area contributed by atoms with Gasteiger partial charge < -0.3 is 5.32 Å². The van der Waals surface area contributed by atoms with Crippen molar-refractivity contribution in [1.82, 2.24) is 29.3 Å². The van der Waals surface area contributed by atoms with Crippen LogP contribution in [0.4, 0.5) is 0 Å². The van der Waals surface area contributed by atoms with E-state index in [2.05, 4.69) is 20.5 Å². The minimum Gasteiger partial charge on any atom is -0.344 e. The highest BCUT2D eigenvalue weighted by molar-refractivity contribution is 5.93. The molecule has 24 heavy (non-hydrogen) atoms. The summed E-state index contributed by atoms with van der Waals surface area (Å²) < 4.78 is 3.10. The molecule has 0 saturated carbocycles. The Balaban J connectivity index is 1.61. The molecule has 4 aromatic heterocycles. The van der Waals surface area contributed by atoms with E-state index in [-0.39, 0.29) is 12.1 Å². The van der Waals surface area contributed by atoms with Gasteiger partial charge in [-0.1, -0.05) is 12.1 Å². The molecule has 0 bridgehead atoms. The van der Waals surface area contributed by atoms with Gasteiger partial charge in [-0.05, 0) is 24.3 Å². The van der Waals surface area contributed by atoms with E-state index in [1.807, 2.05) is 24.4 Å². The van der Waals surface area contributed by atoms with Crippen molar-refractivity contribution in [2.75, 3.05) is 0 Å². The number of nitrogens with zero attached hydrogens (tertiary/aromatic N) is 5. The molecule has 0 atom stereocenters. The number of amides is 1. The molecule has 4 rings (SSSR count). The summed E-state index contributed by atoms with van der Waals surface area (Å²) in [4.78, 5) is 28.8. The predicted molar refractivity (Wildman–Crippen MR) is 85.6 cm³/mol. The van der Waals surface area contributed by atoms with Gasteiger partial charge in [0.15, 0.2) is 11.5 Å². The average Bonchev–Trinajstić information content (AvgIpc) is 3.03. The second kappa shape index (κ2) is 5.58. The fourth-order valence-corrected chi connectivity index (χ4v) is 2.45. The second-order valence-corrected chi connectivity index (χ2v) is 5.13. The van der Waals surface area contributed by atoms with Gasteiger partial charge in [-0.25, -0.2) is 4.98 Å². The SMILES string of the molecule is O=C(NCc1nnc2ccccn12)c1cnc2ccccn2c1=O. The third kappa shape index (κ3) is 2.30. The van der Waals surface area contributed by atoms with Crippen LogP contribution in [0.2, 0.25) is 0 Å². The van der Waals surface area contributed by atoms with Crippen LogP contribution in [0.3, 0.4) is 0 Å². The van der Waals surface area contributed by atoms with E-state index in [1.165, 1.54) is 10.6 Å². The van der Waals surface area contributed by atoms with Gasteiger partial charge in [0.05, 0.1) is 6.54 Å². The molecule has 0 aliphatic rings. The van der Waals surface area contributed by atoms with Crippen molar-refractivity contribution >= 4 is 17.2 Å². The maximum atomic E-state index is 12.4. The Hall–Kier alpha value is -3.55. The zero-order valence-corrected chi connectivity index (χ0v) is 12.5. The molecular weight excluding hydrogens is 308 g/mol. The van der Waals surface area contributed by atoms with Crippen molar-refractivity contribution < 1.29 is 4.79 Å². The van der Waals surface area contributed by atoms with Crippen LogP contribution in [0.5, 0.6) is 0 Å². The van der Waals surface area contributed by atoms with Gasteiger partial charge in [-0.15, -0.1) is 10.2 Å².